The fraction of sp³-hybridized carbons (Fsp3) is 0.278. The Labute approximate surface area is 151 Å². The van der Waals surface area contributed by atoms with Crippen molar-refractivity contribution in [2.45, 2.75) is 12.7 Å². The van der Waals surface area contributed by atoms with Crippen LogP contribution in [0.3, 0.4) is 0 Å². The van der Waals surface area contributed by atoms with E-state index in [1.807, 2.05) is 18.2 Å². The van der Waals surface area contributed by atoms with Crippen molar-refractivity contribution in [1.29, 1.82) is 0 Å². The van der Waals surface area contributed by atoms with E-state index in [1.165, 1.54) is 12.1 Å². The van der Waals surface area contributed by atoms with Crippen LogP contribution < -0.4 is 15.4 Å². The Morgan fingerprint density at radius 2 is 2.12 bits per heavy atom. The molecule has 7 heteroatoms. The zero-order valence-corrected chi connectivity index (χ0v) is 14.4. The fourth-order valence-corrected chi connectivity index (χ4v) is 2.42. The number of benzene rings is 2. The molecule has 1 atom stereocenters. The van der Waals surface area contributed by atoms with Crippen LogP contribution in [-0.4, -0.2) is 31.7 Å². The minimum absolute atomic E-state index is 0. The Morgan fingerprint density at radius 3 is 2.88 bits per heavy atom. The molecule has 134 valence electrons. The number of rotatable bonds is 5. The van der Waals surface area contributed by atoms with E-state index in [-0.39, 0.29) is 30.7 Å². The number of anilines is 1. The zero-order valence-electron chi connectivity index (χ0n) is 13.5. The number of morpholine rings is 1. The van der Waals surface area contributed by atoms with E-state index in [0.717, 1.165) is 12.1 Å². The number of hydrogen-bond donors (Lipinski definition) is 2. The summed E-state index contributed by atoms with van der Waals surface area (Å²) in [7, 11) is 0. The molecule has 3 rings (SSSR count). The summed E-state index contributed by atoms with van der Waals surface area (Å²) in [5.41, 5.74) is 1.55. The summed E-state index contributed by atoms with van der Waals surface area (Å²) in [6.07, 6.45) is -0.481. The molecule has 1 aliphatic rings. The summed E-state index contributed by atoms with van der Waals surface area (Å²) in [5, 5.41) is 5.96. The number of halogens is 2. The van der Waals surface area contributed by atoms with Crippen molar-refractivity contribution in [3.05, 3.63) is 59.9 Å². The van der Waals surface area contributed by atoms with E-state index in [2.05, 4.69) is 10.6 Å². The van der Waals surface area contributed by atoms with E-state index in [4.69, 9.17) is 9.47 Å². The summed E-state index contributed by atoms with van der Waals surface area (Å²) >= 11 is 0. The highest BCUT2D eigenvalue weighted by atomic mass is 35.5. The molecule has 2 N–H and O–H groups in total. The van der Waals surface area contributed by atoms with Crippen molar-refractivity contribution in [2.24, 2.45) is 0 Å². The minimum atomic E-state index is -0.481. The van der Waals surface area contributed by atoms with Crippen LogP contribution in [-0.2, 0) is 16.1 Å². The Morgan fingerprint density at radius 1 is 1.28 bits per heavy atom. The second-order valence-corrected chi connectivity index (χ2v) is 5.50. The second-order valence-electron chi connectivity index (χ2n) is 5.50. The maximum Gasteiger partial charge on any atom is 0.254 e. The van der Waals surface area contributed by atoms with Gasteiger partial charge in [-0.2, -0.15) is 0 Å². The zero-order chi connectivity index (χ0) is 16.8. The number of hydrogen-bond acceptors (Lipinski definition) is 4. The molecule has 1 amide bonds. The number of amides is 1. The van der Waals surface area contributed by atoms with Crippen molar-refractivity contribution in [3.8, 4) is 5.75 Å². The predicted octanol–water partition coefficient (Wildman–Crippen LogP) is 2.75. The molecule has 5 nitrogen and oxygen atoms in total. The van der Waals surface area contributed by atoms with Gasteiger partial charge >= 0.3 is 0 Å². The van der Waals surface area contributed by atoms with Crippen molar-refractivity contribution >= 4 is 24.0 Å². The van der Waals surface area contributed by atoms with Gasteiger partial charge in [0.05, 0.1) is 6.61 Å². The van der Waals surface area contributed by atoms with Gasteiger partial charge in [-0.1, -0.05) is 18.2 Å². The van der Waals surface area contributed by atoms with Crippen molar-refractivity contribution < 1.29 is 18.7 Å². The average Bonchev–Trinajstić information content (AvgIpc) is 2.61. The normalized spacial score (nSPS) is 16.6. The number of ether oxygens (including phenoxy) is 2. The first-order chi connectivity index (χ1) is 11.7. The highest BCUT2D eigenvalue weighted by Gasteiger charge is 2.21. The van der Waals surface area contributed by atoms with Gasteiger partial charge in [0.25, 0.3) is 5.91 Å². The minimum Gasteiger partial charge on any atom is -0.489 e. The van der Waals surface area contributed by atoms with Gasteiger partial charge < -0.3 is 20.1 Å². The average molecular weight is 367 g/mol. The number of carbonyl (C=O) groups is 1. The Balaban J connectivity index is 0.00000225. The molecule has 0 bridgehead atoms. The summed E-state index contributed by atoms with van der Waals surface area (Å²) < 4.78 is 24.1. The van der Waals surface area contributed by atoms with E-state index in [9.17, 15) is 9.18 Å². The Hall–Kier alpha value is -2.15. The van der Waals surface area contributed by atoms with Crippen LogP contribution in [0.25, 0.3) is 0 Å². The van der Waals surface area contributed by atoms with Gasteiger partial charge in [0, 0.05) is 24.8 Å². The van der Waals surface area contributed by atoms with Crippen LogP contribution in [0, 0.1) is 5.82 Å². The molecule has 2 aromatic rings. The van der Waals surface area contributed by atoms with Gasteiger partial charge in [-0.25, -0.2) is 4.39 Å². The highest BCUT2D eigenvalue weighted by Crippen LogP contribution is 2.16. The monoisotopic (exact) mass is 366 g/mol. The number of carbonyl (C=O) groups excluding carboxylic acids is 1. The van der Waals surface area contributed by atoms with Crippen molar-refractivity contribution in [3.63, 3.8) is 0 Å². The third kappa shape index (κ3) is 5.70. The molecule has 1 aliphatic heterocycles. The molecule has 0 aliphatic carbocycles. The van der Waals surface area contributed by atoms with Crippen LogP contribution in [0.1, 0.15) is 5.56 Å². The Kier molecular flexibility index (Phi) is 7.18. The standard InChI is InChI=1S/C18H19FN2O3.ClH/c19-14-4-2-6-16(10-14)24-12-13-3-1-5-15(9-13)21-18(22)17-11-20-7-8-23-17;/h1-6,9-10,17,20H,7-8,11-12H2,(H,21,22);1H. The largest absolute Gasteiger partial charge is 0.489 e. The summed E-state index contributed by atoms with van der Waals surface area (Å²) in [5.74, 6) is -0.0499. The fourth-order valence-electron chi connectivity index (χ4n) is 2.42. The predicted molar refractivity (Wildman–Crippen MR) is 95.7 cm³/mol. The topological polar surface area (TPSA) is 59.6 Å². The van der Waals surface area contributed by atoms with Crippen LogP contribution >= 0.6 is 12.4 Å². The molecule has 25 heavy (non-hydrogen) atoms. The van der Waals surface area contributed by atoms with Crippen LogP contribution in [0.15, 0.2) is 48.5 Å². The third-order valence-electron chi connectivity index (χ3n) is 3.62. The van der Waals surface area contributed by atoms with Crippen molar-refractivity contribution in [2.75, 3.05) is 25.0 Å². The van der Waals surface area contributed by atoms with Crippen LogP contribution in [0.2, 0.25) is 0 Å². The van der Waals surface area contributed by atoms with Gasteiger partial charge in [-0.3, -0.25) is 4.79 Å². The molecule has 1 saturated heterocycles. The van der Waals surface area contributed by atoms with Gasteiger partial charge in [-0.15, -0.1) is 12.4 Å². The molecule has 0 saturated carbocycles. The quantitative estimate of drug-likeness (QED) is 0.854. The number of nitrogens with one attached hydrogen (secondary N) is 2. The molecule has 2 aromatic carbocycles. The van der Waals surface area contributed by atoms with Crippen LogP contribution in [0.5, 0.6) is 5.75 Å². The lowest BCUT2D eigenvalue weighted by molar-refractivity contribution is -0.128. The lowest BCUT2D eigenvalue weighted by atomic mass is 10.2. The molecular weight excluding hydrogens is 347 g/mol. The summed E-state index contributed by atoms with van der Waals surface area (Å²) in [6, 6.07) is 13.3. The highest BCUT2D eigenvalue weighted by molar-refractivity contribution is 5.94. The second kappa shape index (κ2) is 9.36. The first kappa shape index (κ1) is 19.2. The maximum absolute atomic E-state index is 13.1. The Bertz CT molecular complexity index is 708. The van der Waals surface area contributed by atoms with Crippen LogP contribution in [0.4, 0.5) is 10.1 Å². The molecule has 0 radical (unpaired) electrons. The van der Waals surface area contributed by atoms with Crippen molar-refractivity contribution in [1.82, 2.24) is 5.32 Å². The van der Waals surface area contributed by atoms with E-state index in [0.29, 0.717) is 24.6 Å². The molecule has 0 aromatic heterocycles. The third-order valence-corrected chi connectivity index (χ3v) is 3.62. The first-order valence-corrected chi connectivity index (χ1v) is 7.81. The lowest BCUT2D eigenvalue weighted by Crippen LogP contribution is -2.45. The van der Waals surface area contributed by atoms with E-state index >= 15 is 0 Å². The van der Waals surface area contributed by atoms with E-state index < -0.39 is 6.10 Å². The SMILES string of the molecule is Cl.O=C(Nc1cccc(COc2cccc(F)c2)c1)C1CNCCO1. The molecule has 1 unspecified atom stereocenters. The van der Waals surface area contributed by atoms with E-state index in [1.54, 1.807) is 18.2 Å². The van der Waals surface area contributed by atoms with Gasteiger partial charge in [0.2, 0.25) is 0 Å². The molecule has 0 spiro atoms. The van der Waals surface area contributed by atoms with Gasteiger partial charge in [0.1, 0.15) is 24.3 Å². The molecular formula is C18H20ClFN2O3. The summed E-state index contributed by atoms with van der Waals surface area (Å²) in [6.45, 7) is 2.08. The molecule has 1 heterocycles. The maximum atomic E-state index is 13.1. The first-order valence-electron chi connectivity index (χ1n) is 7.81. The lowest BCUT2D eigenvalue weighted by Gasteiger charge is -2.22. The van der Waals surface area contributed by atoms with Gasteiger partial charge in [0.15, 0.2) is 0 Å². The smallest absolute Gasteiger partial charge is 0.254 e. The van der Waals surface area contributed by atoms with Gasteiger partial charge in [-0.05, 0) is 29.8 Å². The molecule has 1 fully saturated rings. The summed E-state index contributed by atoms with van der Waals surface area (Å²) in [4.78, 5) is 12.1.